The molecule has 1 fully saturated rings. The van der Waals surface area contributed by atoms with Crippen LogP contribution >= 0.6 is 0 Å². The number of aliphatic hydroxyl groups excluding tert-OH is 5. The number of unbranched alkanes of at least 4 members (excludes halogenated alkanes) is 18. The Labute approximate surface area is 412 Å². The van der Waals surface area contributed by atoms with Crippen molar-refractivity contribution in [3.63, 3.8) is 0 Å². The van der Waals surface area contributed by atoms with Crippen LogP contribution in [0.25, 0.3) is 0 Å². The molecule has 0 saturated carbocycles. The Hall–Kier alpha value is -3.42. The van der Waals surface area contributed by atoms with E-state index in [9.17, 15) is 35.1 Å². The predicted molar refractivity (Wildman–Crippen MR) is 278 cm³/mol. The zero-order valence-corrected chi connectivity index (χ0v) is 42.4. The Balaban J connectivity index is 2.86. The molecule has 0 aromatic heterocycles. The van der Waals surface area contributed by atoms with E-state index in [0.717, 1.165) is 57.8 Å². The number of hydrogen-bond donors (Lipinski definition) is 6. The number of hydrogen-bond acceptors (Lipinski definition) is 10. The fraction of sp³-hybridized carbons (Fsp3) is 0.684. The summed E-state index contributed by atoms with van der Waals surface area (Å²) in [6, 6.07) is -1.06. The summed E-state index contributed by atoms with van der Waals surface area (Å²) in [5, 5.41) is 56.5. The fourth-order valence-electron chi connectivity index (χ4n) is 7.60. The molecule has 0 spiro atoms. The fourth-order valence-corrected chi connectivity index (χ4v) is 7.60. The standard InChI is InChI=1S/C57H95NO10/c1-4-7-10-13-16-19-22-25-27-29-32-35-38-41-44-50(61)56(65)58-48(49(60)43-40-37-34-31-28-24-21-18-15-12-9-6-3)47-66-57-55(54(64)53(63)51(46-59)67-57)68-52(62)45-42-39-36-33-30-26-23-20-17-14-11-8-5-2/h7,10,13,16,19,22,25-27,29-30,32,36,39-40,43,48-51,53-55,57,59-61,63-64H,4-6,8-9,11-12,14-15,17-18,20-21,23-24,28,31,33-35,37-38,41-42,44-47H2,1-3H3,(H,58,65)/b10-7+,16-13+,22-19-,27-25-,30-26-,32-29+,39-36+,43-40+. The van der Waals surface area contributed by atoms with Crippen LogP contribution in [0, 0.1) is 0 Å². The molecule has 11 heteroatoms. The van der Waals surface area contributed by atoms with Crippen molar-refractivity contribution >= 4 is 11.9 Å². The number of esters is 1. The van der Waals surface area contributed by atoms with Gasteiger partial charge in [-0.05, 0) is 64.2 Å². The number of rotatable bonds is 42. The molecule has 11 nitrogen and oxygen atoms in total. The smallest absolute Gasteiger partial charge is 0.306 e. The third-order valence-electron chi connectivity index (χ3n) is 11.9. The molecule has 0 aromatic rings. The van der Waals surface area contributed by atoms with Gasteiger partial charge in [0, 0.05) is 6.42 Å². The van der Waals surface area contributed by atoms with Gasteiger partial charge in [-0.2, -0.15) is 0 Å². The molecule has 1 rings (SSSR count). The molecule has 1 heterocycles. The summed E-state index contributed by atoms with van der Waals surface area (Å²) in [4.78, 5) is 26.3. The largest absolute Gasteiger partial charge is 0.454 e. The van der Waals surface area contributed by atoms with Crippen LogP contribution in [0.2, 0.25) is 0 Å². The van der Waals surface area contributed by atoms with Crippen molar-refractivity contribution in [3.8, 4) is 0 Å². The van der Waals surface area contributed by atoms with Crippen LogP contribution in [-0.2, 0) is 23.8 Å². The van der Waals surface area contributed by atoms with Gasteiger partial charge in [0.25, 0.3) is 0 Å². The molecule has 0 aromatic carbocycles. The van der Waals surface area contributed by atoms with Crippen LogP contribution in [0.15, 0.2) is 97.2 Å². The average molecular weight is 954 g/mol. The number of nitrogens with one attached hydrogen (secondary N) is 1. The first-order chi connectivity index (χ1) is 33.2. The topological polar surface area (TPSA) is 175 Å². The van der Waals surface area contributed by atoms with Crippen molar-refractivity contribution in [2.75, 3.05) is 13.2 Å². The summed E-state index contributed by atoms with van der Waals surface area (Å²) < 4.78 is 17.4. The van der Waals surface area contributed by atoms with Crippen molar-refractivity contribution in [1.82, 2.24) is 5.32 Å². The van der Waals surface area contributed by atoms with Gasteiger partial charge in [-0.1, -0.05) is 214 Å². The average Bonchev–Trinajstić information content (AvgIpc) is 3.33. The van der Waals surface area contributed by atoms with Crippen molar-refractivity contribution in [3.05, 3.63) is 97.2 Å². The van der Waals surface area contributed by atoms with Crippen molar-refractivity contribution in [1.29, 1.82) is 0 Å². The number of amides is 1. The summed E-state index contributed by atoms with van der Waals surface area (Å²) in [5.74, 6) is -1.32. The number of carbonyl (C=O) groups is 2. The quantitative estimate of drug-likeness (QED) is 0.0150. The molecule has 68 heavy (non-hydrogen) atoms. The van der Waals surface area contributed by atoms with Crippen LogP contribution in [0.5, 0.6) is 0 Å². The minimum absolute atomic E-state index is 0.00707. The zero-order valence-electron chi connectivity index (χ0n) is 42.4. The van der Waals surface area contributed by atoms with E-state index in [2.05, 4.69) is 44.3 Å². The maximum absolute atomic E-state index is 13.3. The van der Waals surface area contributed by atoms with Gasteiger partial charge in [-0.25, -0.2) is 0 Å². The van der Waals surface area contributed by atoms with E-state index in [1.807, 2.05) is 72.9 Å². The van der Waals surface area contributed by atoms with Crippen molar-refractivity contribution < 1.29 is 49.3 Å². The number of allylic oxidation sites excluding steroid dienone is 15. The summed E-state index contributed by atoms with van der Waals surface area (Å²) in [7, 11) is 0. The normalized spacial score (nSPS) is 20.7. The minimum Gasteiger partial charge on any atom is -0.454 e. The monoisotopic (exact) mass is 954 g/mol. The summed E-state index contributed by atoms with van der Waals surface area (Å²) >= 11 is 0. The van der Waals surface area contributed by atoms with Crippen molar-refractivity contribution in [2.24, 2.45) is 0 Å². The first-order valence-corrected chi connectivity index (χ1v) is 26.6. The van der Waals surface area contributed by atoms with E-state index < -0.39 is 67.4 Å². The highest BCUT2D eigenvalue weighted by Crippen LogP contribution is 2.26. The molecule has 0 radical (unpaired) electrons. The van der Waals surface area contributed by atoms with Gasteiger partial charge in [0.15, 0.2) is 12.4 Å². The number of ether oxygens (including phenoxy) is 3. The van der Waals surface area contributed by atoms with Gasteiger partial charge in [0.2, 0.25) is 5.91 Å². The minimum atomic E-state index is -1.65. The summed E-state index contributed by atoms with van der Waals surface area (Å²) in [5.41, 5.74) is 0. The Morgan fingerprint density at radius 2 is 1.12 bits per heavy atom. The first kappa shape index (κ1) is 62.6. The Morgan fingerprint density at radius 3 is 1.71 bits per heavy atom. The van der Waals surface area contributed by atoms with Gasteiger partial charge < -0.3 is 45.1 Å². The van der Waals surface area contributed by atoms with Gasteiger partial charge in [-0.3, -0.25) is 9.59 Å². The van der Waals surface area contributed by atoms with Gasteiger partial charge >= 0.3 is 5.97 Å². The van der Waals surface area contributed by atoms with E-state index in [0.29, 0.717) is 12.8 Å². The molecular weight excluding hydrogens is 859 g/mol. The summed E-state index contributed by atoms with van der Waals surface area (Å²) in [6.45, 7) is 5.53. The third kappa shape index (κ3) is 33.2. The molecule has 8 unspecified atom stereocenters. The number of carbonyl (C=O) groups excluding carboxylic acids is 2. The van der Waals surface area contributed by atoms with E-state index >= 15 is 0 Å². The van der Waals surface area contributed by atoms with Crippen LogP contribution in [0.1, 0.15) is 188 Å². The molecule has 6 N–H and O–H groups in total. The van der Waals surface area contributed by atoms with Crippen LogP contribution in [0.4, 0.5) is 0 Å². The second-order valence-electron chi connectivity index (χ2n) is 18.0. The lowest BCUT2D eigenvalue weighted by Crippen LogP contribution is -2.61. The Morgan fingerprint density at radius 1 is 0.603 bits per heavy atom. The van der Waals surface area contributed by atoms with E-state index in [4.69, 9.17) is 14.2 Å². The maximum atomic E-state index is 13.3. The Kier molecular flexibility index (Phi) is 41.2. The molecule has 1 amide bonds. The van der Waals surface area contributed by atoms with Gasteiger partial charge in [0.05, 0.1) is 25.4 Å². The second kappa shape index (κ2) is 44.8. The zero-order chi connectivity index (χ0) is 49.7. The molecule has 1 aliphatic rings. The molecule has 1 aliphatic heterocycles. The Bertz CT molecular complexity index is 1470. The lowest BCUT2D eigenvalue weighted by Gasteiger charge is -2.41. The second-order valence-corrected chi connectivity index (χ2v) is 18.0. The molecule has 0 aliphatic carbocycles. The highest BCUT2D eigenvalue weighted by Gasteiger charge is 2.47. The van der Waals surface area contributed by atoms with Gasteiger partial charge in [0.1, 0.15) is 24.4 Å². The highest BCUT2D eigenvalue weighted by atomic mass is 16.7. The van der Waals surface area contributed by atoms with Crippen LogP contribution in [-0.4, -0.2) is 99.6 Å². The maximum Gasteiger partial charge on any atom is 0.306 e. The lowest BCUT2D eigenvalue weighted by molar-refractivity contribution is -0.305. The molecule has 1 saturated heterocycles. The third-order valence-corrected chi connectivity index (χ3v) is 11.9. The first-order valence-electron chi connectivity index (χ1n) is 26.6. The van der Waals surface area contributed by atoms with E-state index in [1.54, 1.807) is 6.08 Å². The SMILES string of the molecule is CC/C=C/C=C/C=C\C=C/C=C/CCCCC(O)C(=O)NC(COC1OC(CO)C(O)C(O)C1OC(=O)CC/C=C/C/C=C\CCCCCCCC)C(O)/C=C/CCCCCCCCCCCC. The van der Waals surface area contributed by atoms with Crippen molar-refractivity contribution in [2.45, 2.75) is 237 Å². The van der Waals surface area contributed by atoms with E-state index in [1.165, 1.54) is 83.5 Å². The molecule has 388 valence electrons. The highest BCUT2D eigenvalue weighted by molar-refractivity contribution is 5.80. The molecule has 8 atom stereocenters. The molecule has 0 bridgehead atoms. The summed E-state index contributed by atoms with van der Waals surface area (Å²) in [6.07, 6.45) is 47.6. The van der Waals surface area contributed by atoms with Crippen LogP contribution in [0.3, 0.4) is 0 Å². The predicted octanol–water partition coefficient (Wildman–Crippen LogP) is 11.2. The lowest BCUT2D eigenvalue weighted by atomic mass is 9.99. The van der Waals surface area contributed by atoms with Crippen LogP contribution < -0.4 is 5.32 Å². The van der Waals surface area contributed by atoms with E-state index in [-0.39, 0.29) is 19.4 Å². The number of aliphatic hydroxyl groups is 5. The van der Waals surface area contributed by atoms with Gasteiger partial charge in [-0.15, -0.1) is 0 Å². The molecular formula is C57H95NO10.